The molecule has 5 rings (SSSR count). The summed E-state index contributed by atoms with van der Waals surface area (Å²) in [7, 11) is 3.82. The molecule has 3 heterocycles. The standard InChI is InChI=1S/C25H26N6O/c1-15-27-24-20(12-23(26)30-25(24)28-15)22-11-18-10-17(6-9-21(18)29-22)14-31(2)13-16-4-7-19(32-3)8-5-16/h4-12,29H,13-14H2,1-3H3,(H3,26,27,28,30). The summed E-state index contributed by atoms with van der Waals surface area (Å²) in [6, 6.07) is 18.8. The van der Waals surface area contributed by atoms with Gasteiger partial charge < -0.3 is 20.4 Å². The maximum absolute atomic E-state index is 6.04. The molecular weight excluding hydrogens is 400 g/mol. The van der Waals surface area contributed by atoms with Crippen LogP contribution in [0.25, 0.3) is 33.3 Å². The topological polar surface area (TPSA) is 95.9 Å². The van der Waals surface area contributed by atoms with Gasteiger partial charge in [0, 0.05) is 35.2 Å². The zero-order valence-electron chi connectivity index (χ0n) is 18.4. The summed E-state index contributed by atoms with van der Waals surface area (Å²) < 4.78 is 5.24. The predicted molar refractivity (Wildman–Crippen MR) is 128 cm³/mol. The van der Waals surface area contributed by atoms with E-state index < -0.39 is 0 Å². The number of hydrogen-bond acceptors (Lipinski definition) is 5. The summed E-state index contributed by atoms with van der Waals surface area (Å²) in [5, 5.41) is 1.16. The van der Waals surface area contributed by atoms with Gasteiger partial charge in [-0.05, 0) is 61.5 Å². The van der Waals surface area contributed by atoms with Crippen molar-refractivity contribution in [3.05, 3.63) is 71.5 Å². The minimum absolute atomic E-state index is 0.468. The normalized spacial score (nSPS) is 11.6. The Kier molecular flexibility index (Phi) is 5.03. The lowest BCUT2D eigenvalue weighted by molar-refractivity contribution is 0.319. The largest absolute Gasteiger partial charge is 0.497 e. The molecule has 0 aliphatic rings. The lowest BCUT2D eigenvalue weighted by Gasteiger charge is -2.17. The number of H-pyrrole nitrogens is 2. The van der Waals surface area contributed by atoms with Gasteiger partial charge in [0.05, 0.1) is 7.11 Å². The van der Waals surface area contributed by atoms with Crippen LogP contribution in [0.4, 0.5) is 5.82 Å². The molecule has 0 unspecified atom stereocenters. The number of hydrogen-bond donors (Lipinski definition) is 3. The second kappa shape index (κ2) is 8.01. The van der Waals surface area contributed by atoms with E-state index in [1.165, 1.54) is 11.1 Å². The first-order valence-electron chi connectivity index (χ1n) is 10.5. The summed E-state index contributed by atoms with van der Waals surface area (Å²) in [6.07, 6.45) is 0. The van der Waals surface area contributed by atoms with E-state index in [1.54, 1.807) is 7.11 Å². The summed E-state index contributed by atoms with van der Waals surface area (Å²) in [4.78, 5) is 17.9. The van der Waals surface area contributed by atoms with Gasteiger partial charge in [0.2, 0.25) is 0 Å². The fourth-order valence-corrected chi connectivity index (χ4v) is 4.17. The van der Waals surface area contributed by atoms with Gasteiger partial charge in [0.25, 0.3) is 0 Å². The van der Waals surface area contributed by atoms with Crippen LogP contribution in [0.5, 0.6) is 5.75 Å². The SMILES string of the molecule is COc1ccc(CN(C)Cc2ccc3[nH]c(-c4cc(N)nc5[nH]c(C)nc45)cc3c2)cc1. The zero-order valence-corrected chi connectivity index (χ0v) is 18.4. The number of nitrogens with zero attached hydrogens (tertiary/aromatic N) is 3. The number of anilines is 1. The van der Waals surface area contributed by atoms with Crippen LogP contribution in [0.15, 0.2) is 54.6 Å². The highest BCUT2D eigenvalue weighted by molar-refractivity contribution is 5.95. The number of nitrogens with one attached hydrogen (secondary N) is 2. The molecular formula is C25H26N6O. The average Bonchev–Trinajstić information content (AvgIpc) is 3.35. The average molecular weight is 427 g/mol. The van der Waals surface area contributed by atoms with E-state index in [4.69, 9.17) is 10.5 Å². The van der Waals surface area contributed by atoms with Crippen LogP contribution < -0.4 is 10.5 Å². The number of rotatable bonds is 6. The van der Waals surface area contributed by atoms with E-state index in [0.29, 0.717) is 11.5 Å². The van der Waals surface area contributed by atoms with E-state index in [1.807, 2.05) is 25.1 Å². The first-order valence-corrected chi connectivity index (χ1v) is 10.5. The Bertz CT molecular complexity index is 1400. The third-order valence-electron chi connectivity index (χ3n) is 5.63. The number of pyridine rings is 1. The second-order valence-corrected chi connectivity index (χ2v) is 8.24. The first kappa shape index (κ1) is 20.1. The molecule has 0 bridgehead atoms. The number of nitrogen functional groups attached to an aromatic ring is 1. The molecule has 32 heavy (non-hydrogen) atoms. The van der Waals surface area contributed by atoms with Crippen LogP contribution in [0.3, 0.4) is 0 Å². The highest BCUT2D eigenvalue weighted by Gasteiger charge is 2.13. The molecule has 7 heteroatoms. The molecule has 2 aromatic carbocycles. The lowest BCUT2D eigenvalue weighted by atomic mass is 10.1. The maximum atomic E-state index is 6.04. The van der Waals surface area contributed by atoms with Gasteiger partial charge in [-0.25, -0.2) is 9.97 Å². The van der Waals surface area contributed by atoms with Gasteiger partial charge in [0.1, 0.15) is 22.9 Å². The van der Waals surface area contributed by atoms with Crippen molar-refractivity contribution in [1.29, 1.82) is 0 Å². The molecule has 0 amide bonds. The number of nitrogens with two attached hydrogens (primary N) is 1. The molecule has 7 nitrogen and oxygen atoms in total. The van der Waals surface area contributed by atoms with Crippen LogP contribution in [-0.4, -0.2) is 39.0 Å². The highest BCUT2D eigenvalue weighted by atomic mass is 16.5. The Balaban J connectivity index is 1.39. The molecule has 0 radical (unpaired) electrons. The van der Waals surface area contributed by atoms with Crippen molar-refractivity contribution in [2.24, 2.45) is 0 Å². The third-order valence-corrected chi connectivity index (χ3v) is 5.63. The summed E-state index contributed by atoms with van der Waals surface area (Å²) in [6.45, 7) is 3.64. The number of ether oxygens (including phenoxy) is 1. The van der Waals surface area contributed by atoms with Crippen molar-refractivity contribution in [3.63, 3.8) is 0 Å². The van der Waals surface area contributed by atoms with Crippen molar-refractivity contribution >= 4 is 27.9 Å². The van der Waals surface area contributed by atoms with Crippen molar-refractivity contribution < 1.29 is 4.74 Å². The Morgan fingerprint density at radius 2 is 1.69 bits per heavy atom. The number of imidazole rings is 1. The van der Waals surface area contributed by atoms with Crippen molar-refractivity contribution in [2.75, 3.05) is 19.9 Å². The van der Waals surface area contributed by atoms with E-state index in [0.717, 1.165) is 52.3 Å². The number of aromatic amines is 2. The molecule has 0 fully saturated rings. The van der Waals surface area contributed by atoms with Crippen molar-refractivity contribution in [2.45, 2.75) is 20.0 Å². The molecule has 3 aromatic heterocycles. The Labute approximate surface area is 186 Å². The van der Waals surface area contributed by atoms with Gasteiger partial charge in [-0.1, -0.05) is 18.2 Å². The van der Waals surface area contributed by atoms with Gasteiger partial charge in [-0.2, -0.15) is 0 Å². The molecule has 0 saturated carbocycles. The van der Waals surface area contributed by atoms with Crippen LogP contribution >= 0.6 is 0 Å². The van der Waals surface area contributed by atoms with Gasteiger partial charge in [0.15, 0.2) is 5.65 Å². The van der Waals surface area contributed by atoms with E-state index in [9.17, 15) is 0 Å². The van der Waals surface area contributed by atoms with E-state index in [2.05, 4.69) is 68.3 Å². The monoisotopic (exact) mass is 426 g/mol. The summed E-state index contributed by atoms with van der Waals surface area (Å²) in [5.41, 5.74) is 13.1. The van der Waals surface area contributed by atoms with Crippen LogP contribution in [0.2, 0.25) is 0 Å². The van der Waals surface area contributed by atoms with Crippen LogP contribution in [-0.2, 0) is 13.1 Å². The lowest BCUT2D eigenvalue weighted by Crippen LogP contribution is -2.17. The first-order chi connectivity index (χ1) is 15.5. The van der Waals surface area contributed by atoms with E-state index >= 15 is 0 Å². The van der Waals surface area contributed by atoms with Crippen molar-refractivity contribution in [3.8, 4) is 17.0 Å². The third kappa shape index (κ3) is 3.90. The number of aromatic nitrogens is 4. The maximum Gasteiger partial charge on any atom is 0.160 e. The van der Waals surface area contributed by atoms with Gasteiger partial charge in [-0.15, -0.1) is 0 Å². The number of fused-ring (bicyclic) bond motifs is 2. The number of benzene rings is 2. The van der Waals surface area contributed by atoms with Gasteiger partial charge in [-0.3, -0.25) is 4.90 Å². The smallest absolute Gasteiger partial charge is 0.160 e. The van der Waals surface area contributed by atoms with Crippen LogP contribution in [0, 0.1) is 6.92 Å². The fraction of sp³-hybridized carbons (Fsp3) is 0.200. The molecule has 0 saturated heterocycles. The molecule has 0 aliphatic carbocycles. The Morgan fingerprint density at radius 3 is 2.47 bits per heavy atom. The quantitative estimate of drug-likeness (QED) is 0.368. The molecule has 5 aromatic rings. The zero-order chi connectivity index (χ0) is 22.2. The molecule has 0 spiro atoms. The predicted octanol–water partition coefficient (Wildman–Crippen LogP) is 4.64. The Hall–Kier alpha value is -3.84. The number of aryl methyl sites for hydroxylation is 1. The molecule has 162 valence electrons. The van der Waals surface area contributed by atoms with E-state index in [-0.39, 0.29) is 0 Å². The fourth-order valence-electron chi connectivity index (χ4n) is 4.17. The van der Waals surface area contributed by atoms with Crippen molar-refractivity contribution in [1.82, 2.24) is 24.8 Å². The minimum Gasteiger partial charge on any atom is -0.497 e. The highest BCUT2D eigenvalue weighted by Crippen LogP contribution is 2.30. The summed E-state index contributed by atoms with van der Waals surface area (Å²) in [5.74, 6) is 2.16. The Morgan fingerprint density at radius 1 is 0.938 bits per heavy atom. The molecule has 0 atom stereocenters. The molecule has 4 N–H and O–H groups in total. The second-order valence-electron chi connectivity index (χ2n) is 8.24. The number of methoxy groups -OCH3 is 1. The van der Waals surface area contributed by atoms with Crippen LogP contribution in [0.1, 0.15) is 17.0 Å². The van der Waals surface area contributed by atoms with Gasteiger partial charge >= 0.3 is 0 Å². The molecule has 0 aliphatic heterocycles. The minimum atomic E-state index is 0.468. The summed E-state index contributed by atoms with van der Waals surface area (Å²) >= 11 is 0.